The van der Waals surface area contributed by atoms with Crippen molar-refractivity contribution in [3.63, 3.8) is 0 Å². The van der Waals surface area contributed by atoms with E-state index in [0.29, 0.717) is 29.4 Å². The normalized spacial score (nSPS) is 11.7. The first-order valence-corrected chi connectivity index (χ1v) is 9.55. The third kappa shape index (κ3) is 5.97. The number of nitrogens with one attached hydrogen (secondary N) is 2. The van der Waals surface area contributed by atoms with Gasteiger partial charge in [0.25, 0.3) is 0 Å². The molecule has 8 heteroatoms. The molecule has 3 N–H and O–H groups in total. The van der Waals surface area contributed by atoms with Gasteiger partial charge in [0, 0.05) is 16.9 Å². The van der Waals surface area contributed by atoms with Gasteiger partial charge in [-0.25, -0.2) is 4.79 Å². The molecule has 0 aliphatic carbocycles. The predicted octanol–water partition coefficient (Wildman–Crippen LogP) is 3.64. The first-order chi connectivity index (χ1) is 14.1. The maximum absolute atomic E-state index is 12.6. The second-order valence-electron chi connectivity index (χ2n) is 6.44. The zero-order valence-electron chi connectivity index (χ0n) is 16.0. The summed E-state index contributed by atoms with van der Waals surface area (Å²) < 4.78 is 6.85. The molecule has 1 unspecified atom stereocenters. The lowest BCUT2D eigenvalue weighted by Crippen LogP contribution is -2.34. The van der Waals surface area contributed by atoms with Crippen molar-refractivity contribution in [3.8, 4) is 5.75 Å². The molecule has 0 spiro atoms. The zero-order chi connectivity index (χ0) is 20.6. The summed E-state index contributed by atoms with van der Waals surface area (Å²) in [6.07, 6.45) is 2.33. The van der Waals surface area contributed by atoms with Crippen LogP contribution in [-0.2, 0) is 13.0 Å². The van der Waals surface area contributed by atoms with Crippen molar-refractivity contribution in [1.29, 1.82) is 0 Å². The van der Waals surface area contributed by atoms with E-state index in [4.69, 9.17) is 21.4 Å². The molecule has 2 amide bonds. The number of ether oxygens (including phenoxy) is 1. The molecular weight excluding hydrogens is 392 g/mol. The summed E-state index contributed by atoms with van der Waals surface area (Å²) in [5.74, 6) is 0.769. The summed E-state index contributed by atoms with van der Waals surface area (Å²) in [5.41, 5.74) is 2.38. The highest BCUT2D eigenvalue weighted by Gasteiger charge is 2.18. The number of hydrogen-bond acceptors (Lipinski definition) is 4. The fourth-order valence-electron chi connectivity index (χ4n) is 2.88. The van der Waals surface area contributed by atoms with Gasteiger partial charge in [0.15, 0.2) is 0 Å². The summed E-state index contributed by atoms with van der Waals surface area (Å²) >= 11 is 5.89. The Morgan fingerprint density at radius 1 is 1.17 bits per heavy atom. The Labute approximate surface area is 174 Å². The maximum Gasteiger partial charge on any atom is 0.319 e. The molecule has 2 aromatic carbocycles. The van der Waals surface area contributed by atoms with Gasteiger partial charge in [-0.2, -0.15) is 5.10 Å². The number of urea groups is 1. The molecular formula is C21H23ClN4O3. The monoisotopic (exact) mass is 414 g/mol. The number of carbonyl (C=O) groups is 1. The van der Waals surface area contributed by atoms with Crippen molar-refractivity contribution in [1.82, 2.24) is 15.1 Å². The number of rotatable bonds is 8. The molecule has 3 aromatic rings. The van der Waals surface area contributed by atoms with E-state index < -0.39 is 0 Å². The summed E-state index contributed by atoms with van der Waals surface area (Å²) in [6.45, 7) is 0.390. The molecule has 0 aliphatic rings. The molecule has 0 saturated heterocycles. The summed E-state index contributed by atoms with van der Waals surface area (Å²) in [5, 5.41) is 20.0. The summed E-state index contributed by atoms with van der Waals surface area (Å²) in [7, 11) is 1.62. The molecule has 0 fully saturated rings. The van der Waals surface area contributed by atoms with E-state index in [1.54, 1.807) is 42.3 Å². The number of benzene rings is 2. The van der Waals surface area contributed by atoms with Gasteiger partial charge in [0.2, 0.25) is 0 Å². The van der Waals surface area contributed by atoms with Crippen LogP contribution in [0, 0.1) is 0 Å². The van der Waals surface area contributed by atoms with Crippen LogP contribution in [0.25, 0.3) is 0 Å². The molecule has 7 nitrogen and oxygen atoms in total. The van der Waals surface area contributed by atoms with Gasteiger partial charge in [-0.15, -0.1) is 0 Å². The highest BCUT2D eigenvalue weighted by atomic mass is 35.5. The smallest absolute Gasteiger partial charge is 0.319 e. The second-order valence-corrected chi connectivity index (χ2v) is 6.87. The Kier molecular flexibility index (Phi) is 7.10. The van der Waals surface area contributed by atoms with E-state index in [1.807, 2.05) is 30.3 Å². The Morgan fingerprint density at radius 2 is 1.90 bits per heavy atom. The number of halogens is 1. The Hall–Kier alpha value is -3.03. The number of aliphatic hydroxyl groups excluding tert-OH is 1. The highest BCUT2D eigenvalue weighted by molar-refractivity contribution is 6.30. The van der Waals surface area contributed by atoms with E-state index in [2.05, 4.69) is 15.7 Å². The van der Waals surface area contributed by atoms with Crippen molar-refractivity contribution in [2.45, 2.75) is 19.0 Å². The maximum atomic E-state index is 12.6. The molecule has 0 bridgehead atoms. The van der Waals surface area contributed by atoms with Crippen LogP contribution >= 0.6 is 11.6 Å². The van der Waals surface area contributed by atoms with E-state index >= 15 is 0 Å². The van der Waals surface area contributed by atoms with Gasteiger partial charge in [0.05, 0.1) is 32.0 Å². The predicted molar refractivity (Wildman–Crippen MR) is 112 cm³/mol. The fraction of sp³-hybridized carbons (Fsp3) is 0.238. The topological polar surface area (TPSA) is 88.4 Å². The lowest BCUT2D eigenvalue weighted by Gasteiger charge is -2.18. The average Bonchev–Trinajstić information content (AvgIpc) is 3.19. The number of aliphatic hydroxyl groups is 1. The van der Waals surface area contributed by atoms with Crippen LogP contribution in [0.4, 0.5) is 10.5 Å². The van der Waals surface area contributed by atoms with Crippen molar-refractivity contribution in [2.75, 3.05) is 19.0 Å². The van der Waals surface area contributed by atoms with E-state index in [1.165, 1.54) is 0 Å². The molecule has 0 radical (unpaired) electrons. The van der Waals surface area contributed by atoms with E-state index in [9.17, 15) is 4.79 Å². The Bertz CT molecular complexity index is 926. The number of hydrogen-bond donors (Lipinski definition) is 3. The highest BCUT2D eigenvalue weighted by Crippen LogP contribution is 2.20. The first kappa shape index (κ1) is 20.7. The summed E-state index contributed by atoms with van der Waals surface area (Å²) in [6, 6.07) is 15.7. The Balaban J connectivity index is 1.75. The third-order valence-corrected chi connectivity index (χ3v) is 4.61. The average molecular weight is 415 g/mol. The van der Waals surface area contributed by atoms with Crippen LogP contribution in [0.5, 0.6) is 5.75 Å². The molecule has 29 heavy (non-hydrogen) atoms. The van der Waals surface area contributed by atoms with Crippen LogP contribution in [-0.4, -0.2) is 34.6 Å². The molecule has 1 aromatic heterocycles. The van der Waals surface area contributed by atoms with E-state index in [0.717, 1.165) is 11.3 Å². The van der Waals surface area contributed by atoms with Crippen molar-refractivity contribution < 1.29 is 14.6 Å². The minimum atomic E-state index is -0.351. The number of anilines is 1. The quantitative estimate of drug-likeness (QED) is 0.525. The molecule has 152 valence electrons. The van der Waals surface area contributed by atoms with Crippen LogP contribution in [0.1, 0.15) is 17.3 Å². The fourth-order valence-corrected chi connectivity index (χ4v) is 3.00. The summed E-state index contributed by atoms with van der Waals surface area (Å²) in [4.78, 5) is 12.6. The van der Waals surface area contributed by atoms with Gasteiger partial charge < -0.3 is 20.5 Å². The third-order valence-electron chi connectivity index (χ3n) is 4.35. The minimum Gasteiger partial charge on any atom is -0.497 e. The lowest BCUT2D eigenvalue weighted by molar-refractivity contribution is 0.247. The van der Waals surface area contributed by atoms with E-state index in [-0.39, 0.29) is 18.7 Å². The van der Waals surface area contributed by atoms with Crippen molar-refractivity contribution >= 4 is 23.3 Å². The minimum absolute atomic E-state index is 0.00521. The largest absolute Gasteiger partial charge is 0.497 e. The number of carbonyl (C=O) groups excluding carboxylic acids is 1. The Morgan fingerprint density at radius 3 is 2.55 bits per heavy atom. The van der Waals surface area contributed by atoms with Crippen molar-refractivity contribution in [3.05, 3.63) is 77.1 Å². The second kappa shape index (κ2) is 9.95. The van der Waals surface area contributed by atoms with Gasteiger partial charge in [0.1, 0.15) is 5.75 Å². The van der Waals surface area contributed by atoms with Gasteiger partial charge in [-0.1, -0.05) is 23.7 Å². The van der Waals surface area contributed by atoms with Gasteiger partial charge in [-0.3, -0.25) is 4.68 Å². The zero-order valence-corrected chi connectivity index (χ0v) is 16.8. The van der Waals surface area contributed by atoms with Crippen LogP contribution in [0.3, 0.4) is 0 Å². The number of nitrogens with zero attached hydrogens (tertiary/aromatic N) is 2. The van der Waals surface area contributed by atoms with Crippen LogP contribution in [0.2, 0.25) is 5.02 Å². The molecule has 3 rings (SSSR count). The molecule has 0 saturated carbocycles. The lowest BCUT2D eigenvalue weighted by atomic mass is 10.0. The first-order valence-electron chi connectivity index (χ1n) is 9.17. The number of amides is 2. The van der Waals surface area contributed by atoms with Gasteiger partial charge in [-0.05, 0) is 54.4 Å². The molecule has 0 aliphatic heterocycles. The van der Waals surface area contributed by atoms with Crippen molar-refractivity contribution in [2.24, 2.45) is 0 Å². The SMILES string of the molecule is COc1ccc(CC(NC(=O)Nc2ccc(Cl)cc2)c2ccn(CCO)n2)cc1. The standard InChI is InChI=1S/C21H23ClN4O3/c1-29-18-8-2-15(3-9-18)14-20(19-10-11-26(25-19)12-13-27)24-21(28)23-17-6-4-16(22)5-7-17/h2-11,20,27H,12-14H2,1H3,(H2,23,24,28). The number of methoxy groups -OCH3 is 1. The van der Waals surface area contributed by atoms with Crippen LogP contribution < -0.4 is 15.4 Å². The molecule has 1 heterocycles. The molecule has 1 atom stereocenters. The van der Waals surface area contributed by atoms with Crippen LogP contribution in [0.15, 0.2) is 60.8 Å². The van der Waals surface area contributed by atoms with Gasteiger partial charge >= 0.3 is 6.03 Å². The number of aromatic nitrogens is 2.